The van der Waals surface area contributed by atoms with Crippen LogP contribution in [-0.4, -0.2) is 4.98 Å². The molecule has 0 amide bonds. The van der Waals surface area contributed by atoms with Crippen molar-refractivity contribution in [2.45, 2.75) is 39.5 Å². The molecule has 5 aromatic rings. The summed E-state index contributed by atoms with van der Waals surface area (Å²) < 4.78 is 2.73. The van der Waals surface area contributed by atoms with E-state index in [1.165, 1.54) is 48.0 Å². The van der Waals surface area contributed by atoms with E-state index in [9.17, 15) is 0 Å². The van der Waals surface area contributed by atoms with Gasteiger partial charge in [0.2, 0.25) is 0 Å². The fraction of sp³-hybridized carbons (Fsp3) is 0.207. The lowest BCUT2D eigenvalue weighted by Gasteiger charge is -2.11. The molecule has 154 valence electrons. The standard InChI is InChI=1S/C29H27NS/c1-18(2)21-15-16-30-26(17-21)24-14-13-23(20-9-6-5-7-10-20)27-25-12-8-11-22(19(3)4)28(25)31-29(24)27/h5-19H,1-4H3. The van der Waals surface area contributed by atoms with E-state index in [-0.39, 0.29) is 0 Å². The zero-order valence-corrected chi connectivity index (χ0v) is 19.3. The molecule has 0 saturated carbocycles. The Hall–Kier alpha value is -2.97. The van der Waals surface area contributed by atoms with Crippen molar-refractivity contribution >= 4 is 31.5 Å². The van der Waals surface area contributed by atoms with Crippen molar-refractivity contribution < 1.29 is 0 Å². The summed E-state index contributed by atoms with van der Waals surface area (Å²) in [6.45, 7) is 9.04. The van der Waals surface area contributed by atoms with Crippen LogP contribution in [0.15, 0.2) is 79.0 Å². The normalized spacial score (nSPS) is 11.8. The van der Waals surface area contributed by atoms with Crippen LogP contribution in [0.3, 0.4) is 0 Å². The van der Waals surface area contributed by atoms with Crippen LogP contribution in [0.1, 0.15) is 50.7 Å². The Morgan fingerprint density at radius 1 is 0.710 bits per heavy atom. The average molecular weight is 422 g/mol. The Morgan fingerprint density at radius 2 is 1.48 bits per heavy atom. The highest BCUT2D eigenvalue weighted by atomic mass is 32.1. The second-order valence-electron chi connectivity index (χ2n) is 8.84. The molecule has 31 heavy (non-hydrogen) atoms. The fourth-order valence-corrected chi connectivity index (χ4v) is 5.90. The average Bonchev–Trinajstić information content (AvgIpc) is 3.18. The number of fused-ring (bicyclic) bond motifs is 3. The Morgan fingerprint density at radius 3 is 2.23 bits per heavy atom. The summed E-state index contributed by atoms with van der Waals surface area (Å²) in [6.07, 6.45) is 1.95. The Bertz CT molecular complexity index is 1380. The van der Waals surface area contributed by atoms with Gasteiger partial charge in [-0.1, -0.05) is 88.4 Å². The van der Waals surface area contributed by atoms with Gasteiger partial charge in [0.15, 0.2) is 0 Å². The lowest BCUT2D eigenvalue weighted by molar-refractivity contribution is 0.864. The van der Waals surface area contributed by atoms with E-state index in [1.54, 1.807) is 0 Å². The van der Waals surface area contributed by atoms with Gasteiger partial charge in [0, 0.05) is 31.9 Å². The number of hydrogen-bond acceptors (Lipinski definition) is 2. The highest BCUT2D eigenvalue weighted by Crippen LogP contribution is 2.46. The Kier molecular flexibility index (Phi) is 5.11. The molecule has 1 nitrogen and oxygen atoms in total. The summed E-state index contributed by atoms with van der Waals surface area (Å²) in [7, 11) is 0. The van der Waals surface area contributed by atoms with Gasteiger partial charge in [0.1, 0.15) is 0 Å². The molecule has 0 fully saturated rings. The fourth-order valence-electron chi connectivity index (χ4n) is 4.39. The summed E-state index contributed by atoms with van der Waals surface area (Å²) in [5.41, 5.74) is 7.60. The number of hydrogen-bond donors (Lipinski definition) is 0. The van der Waals surface area contributed by atoms with Crippen LogP contribution in [0, 0.1) is 0 Å². The maximum absolute atomic E-state index is 4.78. The smallest absolute Gasteiger partial charge is 0.0719 e. The predicted molar refractivity (Wildman–Crippen MR) is 136 cm³/mol. The first-order valence-corrected chi connectivity index (χ1v) is 11.9. The first-order valence-electron chi connectivity index (χ1n) is 11.0. The lowest BCUT2D eigenvalue weighted by Crippen LogP contribution is -1.91. The molecule has 0 aliphatic heterocycles. The maximum Gasteiger partial charge on any atom is 0.0719 e. The lowest BCUT2D eigenvalue weighted by atomic mass is 9.94. The number of nitrogens with zero attached hydrogens (tertiary/aromatic N) is 1. The summed E-state index contributed by atoms with van der Waals surface area (Å²) in [4.78, 5) is 4.78. The molecule has 3 aromatic carbocycles. The zero-order chi connectivity index (χ0) is 21.5. The molecule has 0 unspecified atom stereocenters. The molecule has 5 rings (SSSR count). The first-order chi connectivity index (χ1) is 15.0. The molecule has 0 aliphatic rings. The molecule has 2 heteroatoms. The molecular weight excluding hydrogens is 394 g/mol. The minimum atomic E-state index is 0.482. The van der Waals surface area contributed by atoms with Crippen molar-refractivity contribution in [3.63, 3.8) is 0 Å². The van der Waals surface area contributed by atoms with Crippen LogP contribution in [0.25, 0.3) is 42.6 Å². The third-order valence-electron chi connectivity index (χ3n) is 6.11. The van der Waals surface area contributed by atoms with E-state index in [1.807, 2.05) is 17.5 Å². The quantitative estimate of drug-likeness (QED) is 0.282. The van der Waals surface area contributed by atoms with Crippen molar-refractivity contribution in [1.82, 2.24) is 4.98 Å². The van der Waals surface area contributed by atoms with E-state index in [2.05, 4.69) is 100 Å². The van der Waals surface area contributed by atoms with Crippen LogP contribution in [0.4, 0.5) is 0 Å². The van der Waals surface area contributed by atoms with Gasteiger partial charge < -0.3 is 0 Å². The van der Waals surface area contributed by atoms with Gasteiger partial charge in [-0.3, -0.25) is 4.98 Å². The summed E-state index contributed by atoms with van der Waals surface area (Å²) in [5, 5.41) is 2.70. The van der Waals surface area contributed by atoms with Crippen molar-refractivity contribution in [2.75, 3.05) is 0 Å². The topological polar surface area (TPSA) is 12.9 Å². The number of aromatic nitrogens is 1. The Balaban J connectivity index is 1.88. The number of benzene rings is 3. The third-order valence-corrected chi connectivity index (χ3v) is 7.40. The van der Waals surface area contributed by atoms with Gasteiger partial charge in [-0.05, 0) is 46.2 Å². The first kappa shape index (κ1) is 20.0. The molecule has 0 saturated heterocycles. The minimum Gasteiger partial charge on any atom is -0.256 e. The van der Waals surface area contributed by atoms with Crippen LogP contribution < -0.4 is 0 Å². The van der Waals surface area contributed by atoms with E-state index in [0.717, 1.165) is 5.69 Å². The SMILES string of the molecule is CC(C)c1ccnc(-c2ccc(-c3ccccc3)c3c2sc2c(C(C)C)cccc23)c1. The van der Waals surface area contributed by atoms with Crippen molar-refractivity contribution in [3.8, 4) is 22.4 Å². The van der Waals surface area contributed by atoms with Crippen LogP contribution in [0.5, 0.6) is 0 Å². The monoisotopic (exact) mass is 421 g/mol. The van der Waals surface area contributed by atoms with Gasteiger partial charge in [-0.2, -0.15) is 0 Å². The molecule has 0 aliphatic carbocycles. The van der Waals surface area contributed by atoms with E-state index < -0.39 is 0 Å². The Labute approximate surface area is 188 Å². The molecule has 0 radical (unpaired) electrons. The van der Waals surface area contributed by atoms with Crippen LogP contribution in [0.2, 0.25) is 0 Å². The maximum atomic E-state index is 4.78. The van der Waals surface area contributed by atoms with Gasteiger partial charge in [0.05, 0.1) is 5.69 Å². The summed E-state index contributed by atoms with van der Waals surface area (Å²) in [5.74, 6) is 0.971. The molecule has 0 spiro atoms. The largest absolute Gasteiger partial charge is 0.256 e. The van der Waals surface area contributed by atoms with Gasteiger partial charge in [-0.15, -0.1) is 11.3 Å². The highest BCUT2D eigenvalue weighted by Gasteiger charge is 2.18. The third kappa shape index (κ3) is 3.45. The zero-order valence-electron chi connectivity index (χ0n) is 18.5. The summed E-state index contributed by atoms with van der Waals surface area (Å²) in [6, 6.07) is 26.5. The molecule has 0 bridgehead atoms. The molecule has 0 atom stereocenters. The van der Waals surface area contributed by atoms with Crippen LogP contribution in [-0.2, 0) is 0 Å². The second-order valence-corrected chi connectivity index (χ2v) is 9.86. The molecule has 2 aromatic heterocycles. The van der Waals surface area contributed by atoms with Gasteiger partial charge >= 0.3 is 0 Å². The molecule has 2 heterocycles. The van der Waals surface area contributed by atoms with Crippen molar-refractivity contribution in [2.24, 2.45) is 0 Å². The minimum absolute atomic E-state index is 0.482. The van der Waals surface area contributed by atoms with E-state index in [0.29, 0.717) is 11.8 Å². The van der Waals surface area contributed by atoms with Crippen molar-refractivity contribution in [1.29, 1.82) is 0 Å². The van der Waals surface area contributed by atoms with Crippen LogP contribution >= 0.6 is 11.3 Å². The molecular formula is C29H27NS. The highest BCUT2D eigenvalue weighted by molar-refractivity contribution is 7.26. The number of thiophene rings is 1. The van der Waals surface area contributed by atoms with Gasteiger partial charge in [-0.25, -0.2) is 0 Å². The summed E-state index contributed by atoms with van der Waals surface area (Å²) >= 11 is 1.92. The predicted octanol–water partition coefficient (Wildman–Crippen LogP) is 9.03. The van der Waals surface area contributed by atoms with E-state index in [4.69, 9.17) is 4.98 Å². The van der Waals surface area contributed by atoms with E-state index >= 15 is 0 Å². The molecule has 0 N–H and O–H groups in total. The van der Waals surface area contributed by atoms with Crippen molar-refractivity contribution in [3.05, 3.63) is 90.1 Å². The second kappa shape index (κ2) is 7.94. The van der Waals surface area contributed by atoms with Gasteiger partial charge in [0.25, 0.3) is 0 Å². The number of pyridine rings is 1. The number of rotatable bonds is 4.